The number of carbonyl (C=O) groups excluding carboxylic acids is 1. The molecular formula is C17H16FNO4. The first-order valence-electron chi connectivity index (χ1n) is 7.11. The van der Waals surface area contributed by atoms with E-state index >= 15 is 0 Å². The van der Waals surface area contributed by atoms with E-state index in [0.717, 1.165) is 0 Å². The molecule has 1 N–H and O–H groups in total. The topological polar surface area (TPSA) is 59.0 Å². The number of halogens is 1. The van der Waals surface area contributed by atoms with Crippen LogP contribution in [0.2, 0.25) is 0 Å². The second kappa shape index (κ2) is 6.26. The van der Waals surface area contributed by atoms with E-state index in [9.17, 15) is 14.3 Å². The van der Waals surface area contributed by atoms with E-state index in [2.05, 4.69) is 0 Å². The number of amides is 1. The fraction of sp³-hybridized carbons (Fsp3) is 0.235. The van der Waals surface area contributed by atoms with Crippen molar-refractivity contribution in [1.29, 1.82) is 0 Å². The first-order valence-corrected chi connectivity index (χ1v) is 7.11. The van der Waals surface area contributed by atoms with Crippen LogP contribution >= 0.6 is 0 Å². The van der Waals surface area contributed by atoms with Crippen molar-refractivity contribution >= 4 is 11.6 Å². The SMILES string of the molecule is COc1cc(CO)cc2c1OCC(=O)N2Cc1cccc(F)c1. The van der Waals surface area contributed by atoms with Crippen molar-refractivity contribution in [3.8, 4) is 11.5 Å². The van der Waals surface area contributed by atoms with Crippen molar-refractivity contribution in [2.75, 3.05) is 18.6 Å². The Hall–Kier alpha value is -2.60. The highest BCUT2D eigenvalue weighted by atomic mass is 19.1. The Morgan fingerprint density at radius 2 is 2.13 bits per heavy atom. The fourth-order valence-corrected chi connectivity index (χ4v) is 2.57. The summed E-state index contributed by atoms with van der Waals surface area (Å²) in [6.45, 7) is -0.0895. The normalized spacial score (nSPS) is 13.5. The number of hydrogen-bond acceptors (Lipinski definition) is 4. The molecule has 0 aromatic heterocycles. The molecule has 0 unspecified atom stereocenters. The van der Waals surface area contributed by atoms with Gasteiger partial charge in [-0.25, -0.2) is 4.39 Å². The fourth-order valence-electron chi connectivity index (χ4n) is 2.57. The van der Waals surface area contributed by atoms with Crippen LogP contribution in [0.4, 0.5) is 10.1 Å². The van der Waals surface area contributed by atoms with Gasteiger partial charge >= 0.3 is 0 Å². The Bertz CT molecular complexity index is 747. The molecule has 1 amide bonds. The van der Waals surface area contributed by atoms with Crippen LogP contribution in [0.15, 0.2) is 36.4 Å². The number of hydrogen-bond donors (Lipinski definition) is 1. The van der Waals surface area contributed by atoms with E-state index < -0.39 is 0 Å². The zero-order chi connectivity index (χ0) is 16.4. The molecule has 0 fully saturated rings. The summed E-state index contributed by atoms with van der Waals surface area (Å²) < 4.78 is 24.1. The molecule has 5 nitrogen and oxygen atoms in total. The maximum Gasteiger partial charge on any atom is 0.265 e. The minimum atomic E-state index is -0.356. The number of rotatable bonds is 4. The molecule has 2 aromatic carbocycles. The van der Waals surface area contributed by atoms with Gasteiger partial charge in [-0.15, -0.1) is 0 Å². The van der Waals surface area contributed by atoms with Gasteiger partial charge in [-0.1, -0.05) is 12.1 Å². The Balaban J connectivity index is 2.03. The number of fused-ring (bicyclic) bond motifs is 1. The van der Waals surface area contributed by atoms with Crippen molar-refractivity contribution in [2.45, 2.75) is 13.2 Å². The van der Waals surface area contributed by atoms with Gasteiger partial charge in [-0.05, 0) is 35.4 Å². The van der Waals surface area contributed by atoms with Crippen LogP contribution in [0.25, 0.3) is 0 Å². The molecule has 1 aliphatic heterocycles. The van der Waals surface area contributed by atoms with Gasteiger partial charge in [0.25, 0.3) is 5.91 Å². The molecule has 0 atom stereocenters. The molecule has 23 heavy (non-hydrogen) atoms. The lowest BCUT2D eigenvalue weighted by molar-refractivity contribution is -0.121. The summed E-state index contributed by atoms with van der Waals surface area (Å²) in [6.07, 6.45) is 0. The Morgan fingerprint density at radius 1 is 1.30 bits per heavy atom. The Morgan fingerprint density at radius 3 is 2.83 bits per heavy atom. The number of benzene rings is 2. The van der Waals surface area contributed by atoms with Gasteiger partial charge in [-0.2, -0.15) is 0 Å². The first kappa shape index (κ1) is 15.3. The van der Waals surface area contributed by atoms with Gasteiger partial charge in [0.15, 0.2) is 18.1 Å². The van der Waals surface area contributed by atoms with Crippen molar-refractivity contribution < 1.29 is 23.8 Å². The van der Waals surface area contributed by atoms with Crippen molar-refractivity contribution in [1.82, 2.24) is 0 Å². The van der Waals surface area contributed by atoms with Crippen LogP contribution in [0.3, 0.4) is 0 Å². The van der Waals surface area contributed by atoms with E-state index in [-0.39, 0.29) is 31.5 Å². The average Bonchev–Trinajstić information content (AvgIpc) is 2.56. The summed E-state index contributed by atoms with van der Waals surface area (Å²) in [4.78, 5) is 13.8. The maximum absolute atomic E-state index is 13.4. The van der Waals surface area contributed by atoms with Gasteiger partial charge in [0, 0.05) is 0 Å². The lowest BCUT2D eigenvalue weighted by Crippen LogP contribution is -2.38. The van der Waals surface area contributed by atoms with Gasteiger partial charge in [-0.3, -0.25) is 4.79 Å². The van der Waals surface area contributed by atoms with Crippen molar-refractivity contribution in [3.05, 3.63) is 53.3 Å². The molecule has 2 aromatic rings. The largest absolute Gasteiger partial charge is 0.493 e. The van der Waals surface area contributed by atoms with Crippen LogP contribution < -0.4 is 14.4 Å². The lowest BCUT2D eigenvalue weighted by atomic mass is 10.1. The molecule has 1 heterocycles. The van der Waals surface area contributed by atoms with E-state index in [4.69, 9.17) is 9.47 Å². The third-order valence-corrected chi connectivity index (χ3v) is 3.66. The molecule has 0 aliphatic carbocycles. The zero-order valence-electron chi connectivity index (χ0n) is 12.6. The quantitative estimate of drug-likeness (QED) is 0.940. The summed E-state index contributed by atoms with van der Waals surface area (Å²) in [5, 5.41) is 9.39. The molecule has 6 heteroatoms. The number of methoxy groups -OCH3 is 1. The van der Waals surface area contributed by atoms with Crippen LogP contribution in [-0.4, -0.2) is 24.7 Å². The van der Waals surface area contributed by atoms with E-state index in [1.54, 1.807) is 24.3 Å². The second-order valence-corrected chi connectivity index (χ2v) is 5.20. The molecule has 0 radical (unpaired) electrons. The molecular weight excluding hydrogens is 301 g/mol. The van der Waals surface area contributed by atoms with Crippen LogP contribution in [0, 0.1) is 5.82 Å². The van der Waals surface area contributed by atoms with E-state index in [1.165, 1.54) is 24.1 Å². The smallest absolute Gasteiger partial charge is 0.265 e. The maximum atomic E-state index is 13.4. The summed E-state index contributed by atoms with van der Waals surface area (Å²) in [6, 6.07) is 9.42. The summed E-state index contributed by atoms with van der Waals surface area (Å²) in [5.41, 5.74) is 1.77. The minimum Gasteiger partial charge on any atom is -0.493 e. The van der Waals surface area contributed by atoms with Gasteiger partial charge in [0.1, 0.15) is 5.82 Å². The highest BCUT2D eigenvalue weighted by Gasteiger charge is 2.29. The molecule has 1 aliphatic rings. The predicted octanol–water partition coefficient (Wildman–Crippen LogP) is 2.25. The number of ether oxygens (including phenoxy) is 2. The number of aliphatic hydroxyl groups excluding tert-OH is 1. The van der Waals surface area contributed by atoms with Crippen molar-refractivity contribution in [3.63, 3.8) is 0 Å². The summed E-state index contributed by atoms with van der Waals surface area (Å²) in [7, 11) is 1.49. The molecule has 3 rings (SSSR count). The van der Waals surface area contributed by atoms with Gasteiger partial charge < -0.3 is 19.5 Å². The number of nitrogens with zero attached hydrogens (tertiary/aromatic N) is 1. The first-order chi connectivity index (χ1) is 11.1. The Kier molecular flexibility index (Phi) is 4.16. The molecule has 0 saturated heterocycles. The lowest BCUT2D eigenvalue weighted by Gasteiger charge is -2.31. The van der Waals surface area contributed by atoms with Crippen LogP contribution in [-0.2, 0) is 17.9 Å². The third kappa shape index (κ3) is 2.98. The van der Waals surface area contributed by atoms with Crippen LogP contribution in [0.1, 0.15) is 11.1 Å². The summed E-state index contributed by atoms with van der Waals surface area (Å²) >= 11 is 0. The van der Waals surface area contributed by atoms with Crippen LogP contribution in [0.5, 0.6) is 11.5 Å². The molecule has 120 valence electrons. The van der Waals surface area contributed by atoms with Gasteiger partial charge in [0.2, 0.25) is 0 Å². The van der Waals surface area contributed by atoms with E-state index in [0.29, 0.717) is 28.3 Å². The predicted molar refractivity (Wildman–Crippen MR) is 82.0 cm³/mol. The standard InChI is InChI=1S/C17H16FNO4/c1-22-15-7-12(9-20)6-14-17(15)23-10-16(21)19(14)8-11-3-2-4-13(18)5-11/h2-7,20H,8-10H2,1H3. The monoisotopic (exact) mass is 317 g/mol. The second-order valence-electron chi connectivity index (χ2n) is 5.20. The Labute approximate surface area is 132 Å². The molecule has 0 saturated carbocycles. The molecule has 0 bridgehead atoms. The highest BCUT2D eigenvalue weighted by molar-refractivity contribution is 5.98. The summed E-state index contributed by atoms with van der Waals surface area (Å²) in [5.74, 6) is 0.299. The number of anilines is 1. The highest BCUT2D eigenvalue weighted by Crippen LogP contribution is 2.42. The van der Waals surface area contributed by atoms with E-state index in [1.807, 2.05) is 0 Å². The molecule has 0 spiro atoms. The van der Waals surface area contributed by atoms with Gasteiger partial charge in [0.05, 0.1) is 25.9 Å². The number of aliphatic hydroxyl groups is 1. The zero-order valence-corrected chi connectivity index (χ0v) is 12.6. The third-order valence-electron chi connectivity index (χ3n) is 3.66. The van der Waals surface area contributed by atoms with Crippen molar-refractivity contribution in [2.24, 2.45) is 0 Å². The minimum absolute atomic E-state index is 0.114. The number of carbonyl (C=O) groups is 1. The average molecular weight is 317 g/mol.